The van der Waals surface area contributed by atoms with Crippen molar-refractivity contribution in [1.29, 1.82) is 0 Å². The van der Waals surface area contributed by atoms with Gasteiger partial charge in [-0.2, -0.15) is 0 Å². The molecular formula is C10H10O4. The number of allylic oxidation sites excluding steroid dienone is 2. The van der Waals surface area contributed by atoms with E-state index in [0.717, 1.165) is 12.2 Å². The van der Waals surface area contributed by atoms with E-state index in [0.29, 0.717) is 0 Å². The van der Waals surface area contributed by atoms with E-state index in [9.17, 15) is 9.59 Å². The smallest absolute Gasteiger partial charge is 0.337 e. The molecule has 0 aliphatic heterocycles. The molecule has 0 saturated carbocycles. The molecule has 74 valence electrons. The molecule has 0 saturated heterocycles. The van der Waals surface area contributed by atoms with E-state index in [1.54, 1.807) is 0 Å². The molecule has 14 heavy (non-hydrogen) atoms. The van der Waals surface area contributed by atoms with E-state index in [1.165, 1.54) is 12.2 Å². The lowest BCUT2D eigenvalue weighted by molar-refractivity contribution is -0.147. The van der Waals surface area contributed by atoms with Gasteiger partial charge in [-0.1, -0.05) is 25.8 Å². The van der Waals surface area contributed by atoms with Crippen LogP contribution >= 0.6 is 0 Å². The van der Waals surface area contributed by atoms with E-state index < -0.39 is 11.9 Å². The van der Waals surface area contributed by atoms with Gasteiger partial charge in [0.05, 0.1) is 0 Å². The molecule has 0 spiro atoms. The summed E-state index contributed by atoms with van der Waals surface area (Å²) in [6.45, 7) is 9.73. The first-order valence-corrected chi connectivity index (χ1v) is 3.65. The van der Waals surface area contributed by atoms with Gasteiger partial charge >= 0.3 is 11.9 Å². The summed E-state index contributed by atoms with van der Waals surface area (Å²) in [5.41, 5.74) is 0. The van der Waals surface area contributed by atoms with Crippen molar-refractivity contribution >= 4 is 11.9 Å². The highest BCUT2D eigenvalue weighted by Crippen LogP contribution is 2.02. The van der Waals surface area contributed by atoms with Crippen molar-refractivity contribution in [3.8, 4) is 0 Å². The quantitative estimate of drug-likeness (QED) is 0.288. The number of rotatable bonds is 5. The zero-order valence-corrected chi connectivity index (χ0v) is 7.56. The fourth-order valence-electron chi connectivity index (χ4n) is 0.467. The number of esters is 2. The van der Waals surface area contributed by atoms with Crippen LogP contribution in [0.25, 0.3) is 0 Å². The molecule has 0 aliphatic carbocycles. The van der Waals surface area contributed by atoms with Crippen LogP contribution in [0.4, 0.5) is 0 Å². The van der Waals surface area contributed by atoms with E-state index in [1.807, 2.05) is 0 Å². The average molecular weight is 194 g/mol. The third kappa shape index (κ3) is 4.71. The summed E-state index contributed by atoms with van der Waals surface area (Å²) < 4.78 is 9.11. The Morgan fingerprint density at radius 3 is 1.64 bits per heavy atom. The number of carbonyl (C=O) groups is 2. The molecule has 0 rings (SSSR count). The van der Waals surface area contributed by atoms with Gasteiger partial charge in [0.15, 0.2) is 0 Å². The van der Waals surface area contributed by atoms with Gasteiger partial charge in [-0.05, 0) is 0 Å². The second kappa shape index (κ2) is 6.42. The summed E-state index contributed by atoms with van der Waals surface area (Å²) in [6, 6.07) is 0. The molecule has 0 aromatic carbocycles. The molecule has 4 nitrogen and oxygen atoms in total. The third-order valence-corrected chi connectivity index (χ3v) is 0.990. The molecular weight excluding hydrogens is 184 g/mol. The van der Waals surface area contributed by atoms with Gasteiger partial charge in [0.25, 0.3) is 5.95 Å². The SMILES string of the molecule is C=CC=C(OC(=O)C=C)OC(=O)C=C. The summed E-state index contributed by atoms with van der Waals surface area (Å²) in [7, 11) is 0. The van der Waals surface area contributed by atoms with E-state index >= 15 is 0 Å². The van der Waals surface area contributed by atoms with Gasteiger partial charge in [-0.15, -0.1) is 0 Å². The molecule has 0 bridgehead atoms. The van der Waals surface area contributed by atoms with Crippen molar-refractivity contribution in [2.75, 3.05) is 0 Å². The second-order valence-electron chi connectivity index (χ2n) is 1.97. The van der Waals surface area contributed by atoms with Crippen LogP contribution in [0.2, 0.25) is 0 Å². The largest absolute Gasteiger partial charge is 0.389 e. The third-order valence-electron chi connectivity index (χ3n) is 0.990. The molecule has 0 N–H and O–H groups in total. The van der Waals surface area contributed by atoms with Gasteiger partial charge in [-0.3, -0.25) is 0 Å². The van der Waals surface area contributed by atoms with E-state index in [2.05, 4.69) is 29.2 Å². The number of carbonyl (C=O) groups excluding carboxylic acids is 2. The van der Waals surface area contributed by atoms with E-state index in [-0.39, 0.29) is 5.95 Å². The van der Waals surface area contributed by atoms with Crippen molar-refractivity contribution in [3.05, 3.63) is 50.0 Å². The van der Waals surface area contributed by atoms with Crippen LogP contribution in [0.15, 0.2) is 50.0 Å². The predicted octanol–water partition coefficient (Wildman–Crippen LogP) is 1.47. The van der Waals surface area contributed by atoms with Gasteiger partial charge in [-0.25, -0.2) is 9.59 Å². The van der Waals surface area contributed by atoms with Crippen molar-refractivity contribution in [2.45, 2.75) is 0 Å². The molecule has 0 unspecified atom stereocenters. The maximum Gasteiger partial charge on any atom is 0.337 e. The predicted molar refractivity (Wildman–Crippen MR) is 50.9 cm³/mol. The molecule has 0 aromatic rings. The van der Waals surface area contributed by atoms with Crippen LogP contribution in [0, 0.1) is 0 Å². The number of ether oxygens (including phenoxy) is 2. The first kappa shape index (κ1) is 11.9. The van der Waals surface area contributed by atoms with Gasteiger partial charge in [0.1, 0.15) is 0 Å². The summed E-state index contributed by atoms with van der Waals surface area (Å²) >= 11 is 0. The molecule has 0 aliphatic rings. The first-order chi connectivity index (χ1) is 6.63. The standard InChI is InChI=1S/C10H10O4/c1-4-7-10(13-8(11)5-2)14-9(12)6-3/h4-7H,1-3H2. The molecule has 0 aromatic heterocycles. The minimum atomic E-state index is -0.727. The molecule has 0 radical (unpaired) electrons. The van der Waals surface area contributed by atoms with Gasteiger partial charge in [0.2, 0.25) is 0 Å². The normalized spacial score (nSPS) is 8.00. The highest BCUT2D eigenvalue weighted by atomic mass is 16.7. The summed E-state index contributed by atoms with van der Waals surface area (Å²) in [6.07, 6.45) is 4.42. The Hall–Kier alpha value is -2.10. The van der Waals surface area contributed by atoms with Crippen LogP contribution in [-0.2, 0) is 19.1 Å². The first-order valence-electron chi connectivity index (χ1n) is 3.65. The van der Waals surface area contributed by atoms with Gasteiger partial charge < -0.3 is 9.47 Å². The molecule has 0 fully saturated rings. The molecule has 0 atom stereocenters. The minimum absolute atomic E-state index is 0.269. The van der Waals surface area contributed by atoms with Crippen molar-refractivity contribution < 1.29 is 19.1 Å². The Morgan fingerprint density at radius 1 is 0.929 bits per heavy atom. The average Bonchev–Trinajstić information content (AvgIpc) is 2.17. The fourth-order valence-corrected chi connectivity index (χ4v) is 0.467. The Balaban J connectivity index is 4.45. The number of hydrogen-bond acceptors (Lipinski definition) is 4. The fraction of sp³-hybridized carbons (Fsp3) is 0. The van der Waals surface area contributed by atoms with Crippen LogP contribution in [0.3, 0.4) is 0 Å². The van der Waals surface area contributed by atoms with E-state index in [4.69, 9.17) is 0 Å². The summed E-state index contributed by atoms with van der Waals surface area (Å²) in [5.74, 6) is -1.72. The topological polar surface area (TPSA) is 52.6 Å². The Bertz CT molecular complexity index is 275. The Morgan fingerprint density at radius 2 is 1.36 bits per heavy atom. The van der Waals surface area contributed by atoms with Crippen LogP contribution in [0.5, 0.6) is 0 Å². The lowest BCUT2D eigenvalue weighted by atomic mass is 10.5. The number of hydrogen-bond donors (Lipinski definition) is 0. The zero-order chi connectivity index (χ0) is 11.0. The minimum Gasteiger partial charge on any atom is -0.389 e. The maximum atomic E-state index is 10.7. The molecule has 0 heterocycles. The Kier molecular flexibility index (Phi) is 5.46. The molecule has 0 amide bonds. The lowest BCUT2D eigenvalue weighted by Gasteiger charge is -2.04. The highest BCUT2D eigenvalue weighted by molar-refractivity contribution is 5.84. The summed E-state index contributed by atoms with van der Waals surface area (Å²) in [4.78, 5) is 21.5. The lowest BCUT2D eigenvalue weighted by Crippen LogP contribution is -2.07. The van der Waals surface area contributed by atoms with Crippen molar-refractivity contribution in [1.82, 2.24) is 0 Å². The van der Waals surface area contributed by atoms with Crippen LogP contribution in [0.1, 0.15) is 0 Å². The summed E-state index contributed by atoms with van der Waals surface area (Å²) in [5, 5.41) is 0. The molecule has 4 heteroatoms. The second-order valence-corrected chi connectivity index (χ2v) is 1.97. The maximum absolute atomic E-state index is 10.7. The zero-order valence-electron chi connectivity index (χ0n) is 7.56. The van der Waals surface area contributed by atoms with Crippen LogP contribution in [-0.4, -0.2) is 11.9 Å². The van der Waals surface area contributed by atoms with Crippen LogP contribution < -0.4 is 0 Å². The van der Waals surface area contributed by atoms with Crippen molar-refractivity contribution in [2.24, 2.45) is 0 Å². The van der Waals surface area contributed by atoms with Gasteiger partial charge in [0, 0.05) is 18.2 Å². The van der Waals surface area contributed by atoms with Crippen molar-refractivity contribution in [3.63, 3.8) is 0 Å². The highest BCUT2D eigenvalue weighted by Gasteiger charge is 2.07. The Labute approximate surface area is 81.8 Å². The monoisotopic (exact) mass is 194 g/mol.